The lowest BCUT2D eigenvalue weighted by atomic mass is 10.0. The maximum atomic E-state index is 8.86. The first-order valence-electron chi connectivity index (χ1n) is 51.0. The molecule has 0 bridgehead atoms. The molecule has 0 spiro atoms. The predicted octanol–water partition coefficient (Wildman–Crippen LogP) is 39.0. The van der Waals surface area contributed by atoms with Crippen LogP contribution < -0.4 is 0 Å². The Bertz CT molecular complexity index is 1250. The molecule has 1 heteroatoms. The van der Waals surface area contributed by atoms with Crippen molar-refractivity contribution in [2.24, 2.45) is 0 Å². The lowest BCUT2D eigenvalue weighted by Gasteiger charge is -2.05. The number of aliphatic hydroxyl groups is 1. The molecule has 103 heavy (non-hydrogen) atoms. The minimum atomic E-state index is 0.375. The smallest absolute Gasteiger partial charge is 0.0431 e. The molecule has 0 aromatic heterocycles. The normalized spacial score (nSPS) is 11.8. The standard InChI is InChI=1S/C102H206O/c1-2-3-4-5-6-7-8-9-10-11-12-13-14-15-16-17-18-19-20-21-22-23-24-25-26-27-28-29-30-31-32-33-34-35-36-37-38-39-40-41-42-43-44-45-46-47-48-49-50-51-52-53-54-55-56-57-58-59-60-61-62-63-64-65-66-67-68-69-70-71-72-73-74-75-76-77-78-79-80-81-82-83-84-85-86-87-88-89-90-91-92-93-94-95-96-97-98-99-100-101-102-103/h103H,2-102H2,1H3. The molecule has 0 unspecified atom stereocenters. The number of rotatable bonds is 100. The molecule has 0 saturated carbocycles. The molecule has 1 nitrogen and oxygen atoms in total. The van der Waals surface area contributed by atoms with Crippen LogP contribution in [0.3, 0.4) is 0 Å². The van der Waals surface area contributed by atoms with Gasteiger partial charge in [0.25, 0.3) is 0 Å². The van der Waals surface area contributed by atoms with Gasteiger partial charge < -0.3 is 5.11 Å². The maximum absolute atomic E-state index is 8.86. The monoisotopic (exact) mass is 1450 g/mol. The minimum Gasteiger partial charge on any atom is -0.396 e. The number of hydrogen-bond donors (Lipinski definition) is 1. The average Bonchev–Trinajstić information content (AvgIpc) is 3.71. The molecule has 1 N–H and O–H groups in total. The summed E-state index contributed by atoms with van der Waals surface area (Å²) in [6.45, 7) is 2.69. The number of hydrogen-bond acceptors (Lipinski definition) is 1. The quantitative estimate of drug-likeness (QED) is 0.0602. The minimum absolute atomic E-state index is 0.375. The van der Waals surface area contributed by atoms with Gasteiger partial charge in [0.15, 0.2) is 0 Å². The van der Waals surface area contributed by atoms with Crippen LogP contribution in [-0.4, -0.2) is 11.7 Å². The van der Waals surface area contributed by atoms with E-state index < -0.39 is 0 Å². The lowest BCUT2D eigenvalue weighted by molar-refractivity contribution is 0.282. The van der Waals surface area contributed by atoms with E-state index in [1.165, 1.54) is 636 Å². The van der Waals surface area contributed by atoms with Crippen molar-refractivity contribution in [2.45, 2.75) is 649 Å². The van der Waals surface area contributed by atoms with Gasteiger partial charge in [-0.15, -0.1) is 0 Å². The molecule has 0 radical (unpaired) electrons. The first-order chi connectivity index (χ1) is 51.4. The molecule has 620 valence electrons. The summed E-state index contributed by atoms with van der Waals surface area (Å²) < 4.78 is 0. The van der Waals surface area contributed by atoms with Crippen LogP contribution in [0, 0.1) is 0 Å². The van der Waals surface area contributed by atoms with E-state index in [1.54, 1.807) is 0 Å². The molecule has 0 heterocycles. The van der Waals surface area contributed by atoms with Crippen LogP contribution in [0.1, 0.15) is 649 Å². The zero-order chi connectivity index (χ0) is 73.4. The Balaban J connectivity index is 3.09. The first-order valence-corrected chi connectivity index (χ1v) is 51.0. The predicted molar refractivity (Wildman–Crippen MR) is 474 cm³/mol. The van der Waals surface area contributed by atoms with Crippen LogP contribution in [0.15, 0.2) is 0 Å². The molecule has 0 amide bonds. The van der Waals surface area contributed by atoms with Crippen molar-refractivity contribution in [2.75, 3.05) is 6.61 Å². The van der Waals surface area contributed by atoms with Gasteiger partial charge in [-0.2, -0.15) is 0 Å². The average molecular weight is 1450 g/mol. The van der Waals surface area contributed by atoms with E-state index >= 15 is 0 Å². The molecule has 0 rings (SSSR count). The summed E-state index contributed by atoms with van der Waals surface area (Å²) in [4.78, 5) is 0. The van der Waals surface area contributed by atoms with Gasteiger partial charge in [-0.3, -0.25) is 0 Å². The SMILES string of the molecule is CCCCCCCCCCCCCCCCCCCCCCCCCCCCCCCCCCCCCCCCCCCCCCCCCCCCCCCCCCCCCCCCCCCCCCCCCCCCCCCCCCCCCCCCCCCCCCCCCCCCCCO. The van der Waals surface area contributed by atoms with Crippen molar-refractivity contribution in [1.29, 1.82) is 0 Å². The number of aliphatic hydroxyl groups excluding tert-OH is 1. The van der Waals surface area contributed by atoms with Crippen LogP contribution >= 0.6 is 0 Å². The van der Waals surface area contributed by atoms with Crippen molar-refractivity contribution in [3.63, 3.8) is 0 Å². The van der Waals surface area contributed by atoms with Gasteiger partial charge in [-0.1, -0.05) is 643 Å². The second kappa shape index (κ2) is 102. The van der Waals surface area contributed by atoms with Gasteiger partial charge in [0.2, 0.25) is 0 Å². The summed E-state index contributed by atoms with van der Waals surface area (Å²) in [5.41, 5.74) is 0. The fraction of sp³-hybridized carbons (Fsp3) is 1.00. The van der Waals surface area contributed by atoms with Crippen molar-refractivity contribution in [1.82, 2.24) is 0 Å². The molecule has 0 saturated heterocycles. The van der Waals surface area contributed by atoms with Crippen molar-refractivity contribution >= 4 is 0 Å². The van der Waals surface area contributed by atoms with Crippen LogP contribution in [0.5, 0.6) is 0 Å². The van der Waals surface area contributed by atoms with Gasteiger partial charge >= 0.3 is 0 Å². The van der Waals surface area contributed by atoms with Crippen LogP contribution in [0.4, 0.5) is 0 Å². The van der Waals surface area contributed by atoms with Crippen LogP contribution in [0.25, 0.3) is 0 Å². The van der Waals surface area contributed by atoms with E-state index in [1.807, 2.05) is 0 Å². The zero-order valence-electron chi connectivity index (χ0n) is 72.9. The third kappa shape index (κ3) is 102. The molecular formula is C102H206O. The molecule has 0 fully saturated rings. The summed E-state index contributed by atoms with van der Waals surface area (Å²) in [6.07, 6.45) is 148. The zero-order valence-corrected chi connectivity index (χ0v) is 72.9. The van der Waals surface area contributed by atoms with Crippen molar-refractivity contribution < 1.29 is 5.11 Å². The van der Waals surface area contributed by atoms with E-state index in [0.717, 1.165) is 6.42 Å². The summed E-state index contributed by atoms with van der Waals surface area (Å²) in [5, 5.41) is 8.86. The Kier molecular flexibility index (Phi) is 102. The highest BCUT2D eigenvalue weighted by atomic mass is 16.2. The van der Waals surface area contributed by atoms with Gasteiger partial charge in [-0.25, -0.2) is 0 Å². The fourth-order valence-corrected chi connectivity index (χ4v) is 17.5. The third-order valence-electron chi connectivity index (χ3n) is 25.0. The Morgan fingerprint density at radius 3 is 0.175 bits per heavy atom. The van der Waals surface area contributed by atoms with E-state index in [2.05, 4.69) is 6.92 Å². The maximum Gasteiger partial charge on any atom is 0.0431 e. The Hall–Kier alpha value is -0.0400. The lowest BCUT2D eigenvalue weighted by Crippen LogP contribution is -1.85. The van der Waals surface area contributed by atoms with Gasteiger partial charge in [-0.05, 0) is 6.42 Å². The Morgan fingerprint density at radius 2 is 0.126 bits per heavy atom. The van der Waals surface area contributed by atoms with E-state index in [0.29, 0.717) is 6.61 Å². The van der Waals surface area contributed by atoms with E-state index in [9.17, 15) is 0 Å². The van der Waals surface area contributed by atoms with Gasteiger partial charge in [0.1, 0.15) is 0 Å². The van der Waals surface area contributed by atoms with E-state index in [-0.39, 0.29) is 0 Å². The molecule has 0 aliphatic rings. The third-order valence-corrected chi connectivity index (χ3v) is 25.0. The number of unbranched alkanes of at least 4 members (excludes halogenated alkanes) is 99. The molecular weight excluding hydrogens is 1240 g/mol. The molecule has 0 aromatic rings. The second-order valence-corrected chi connectivity index (χ2v) is 35.7. The van der Waals surface area contributed by atoms with Crippen molar-refractivity contribution in [3.05, 3.63) is 0 Å². The highest BCUT2D eigenvalue weighted by Gasteiger charge is 2.04. The van der Waals surface area contributed by atoms with Gasteiger partial charge in [0, 0.05) is 6.61 Å². The summed E-state index contributed by atoms with van der Waals surface area (Å²) >= 11 is 0. The Labute approximate surface area is 656 Å². The van der Waals surface area contributed by atoms with E-state index in [4.69, 9.17) is 5.11 Å². The largest absolute Gasteiger partial charge is 0.396 e. The summed E-state index contributed by atoms with van der Waals surface area (Å²) in [7, 11) is 0. The summed E-state index contributed by atoms with van der Waals surface area (Å²) in [6, 6.07) is 0. The molecule has 0 aliphatic heterocycles. The molecule has 0 aromatic carbocycles. The fourth-order valence-electron chi connectivity index (χ4n) is 17.5. The second-order valence-electron chi connectivity index (χ2n) is 35.7. The van der Waals surface area contributed by atoms with Crippen LogP contribution in [0.2, 0.25) is 0 Å². The molecule has 0 atom stereocenters. The molecule has 0 aliphatic carbocycles. The first kappa shape index (κ1) is 103. The van der Waals surface area contributed by atoms with Gasteiger partial charge in [0.05, 0.1) is 0 Å². The van der Waals surface area contributed by atoms with Crippen molar-refractivity contribution in [3.8, 4) is 0 Å². The summed E-state index contributed by atoms with van der Waals surface area (Å²) in [5.74, 6) is 0. The van der Waals surface area contributed by atoms with Crippen LogP contribution in [-0.2, 0) is 0 Å². The highest BCUT2D eigenvalue weighted by molar-refractivity contribution is 4.60. The topological polar surface area (TPSA) is 20.2 Å². The highest BCUT2D eigenvalue weighted by Crippen LogP contribution is 2.24. The Morgan fingerprint density at radius 1 is 0.0777 bits per heavy atom.